The Morgan fingerprint density at radius 2 is 1.90 bits per heavy atom. The minimum atomic E-state index is -0.240. The number of amides is 1. The SMILES string of the molecule is CSc1ccc(Cl)c(C(=O)Nc2cccc(Cl)c2C)c1. The molecule has 104 valence electrons. The number of nitrogens with one attached hydrogen (secondary N) is 1. The Kier molecular flexibility index (Phi) is 4.97. The van der Waals surface area contributed by atoms with Crippen LogP contribution in [0.4, 0.5) is 5.69 Å². The monoisotopic (exact) mass is 325 g/mol. The molecular formula is C15H13Cl2NOS. The molecule has 2 aromatic rings. The fourth-order valence-corrected chi connectivity index (χ4v) is 2.56. The molecule has 5 heteroatoms. The van der Waals surface area contributed by atoms with Crippen molar-refractivity contribution in [2.24, 2.45) is 0 Å². The standard InChI is InChI=1S/C15H13Cl2NOS/c1-9-12(16)4-3-5-14(9)18-15(19)11-8-10(20-2)6-7-13(11)17/h3-8H,1-2H3,(H,18,19). The van der Waals surface area contributed by atoms with Gasteiger partial charge in [-0.25, -0.2) is 0 Å². The Morgan fingerprint density at radius 1 is 1.15 bits per heavy atom. The third kappa shape index (κ3) is 3.29. The average molecular weight is 326 g/mol. The van der Waals surface area contributed by atoms with Gasteiger partial charge in [-0.05, 0) is 49.1 Å². The van der Waals surface area contributed by atoms with E-state index >= 15 is 0 Å². The van der Waals surface area contributed by atoms with Gasteiger partial charge in [-0.1, -0.05) is 29.3 Å². The van der Waals surface area contributed by atoms with Gasteiger partial charge in [-0.15, -0.1) is 11.8 Å². The molecule has 0 saturated heterocycles. The van der Waals surface area contributed by atoms with Crippen LogP contribution in [0.5, 0.6) is 0 Å². The Hall–Kier alpha value is -1.16. The van der Waals surface area contributed by atoms with Crippen molar-refractivity contribution in [3.63, 3.8) is 0 Å². The number of halogens is 2. The van der Waals surface area contributed by atoms with Crippen LogP contribution in [0.25, 0.3) is 0 Å². The predicted molar refractivity (Wildman–Crippen MR) is 87.4 cm³/mol. The maximum absolute atomic E-state index is 12.3. The van der Waals surface area contributed by atoms with E-state index in [2.05, 4.69) is 5.32 Å². The van der Waals surface area contributed by atoms with Gasteiger partial charge >= 0.3 is 0 Å². The van der Waals surface area contributed by atoms with Crippen molar-refractivity contribution < 1.29 is 4.79 Å². The van der Waals surface area contributed by atoms with Crippen LogP contribution in [0, 0.1) is 6.92 Å². The summed E-state index contributed by atoms with van der Waals surface area (Å²) in [5.41, 5.74) is 1.98. The lowest BCUT2D eigenvalue weighted by Crippen LogP contribution is -2.13. The molecule has 2 nitrogen and oxygen atoms in total. The van der Waals surface area contributed by atoms with Crippen LogP contribution in [0.3, 0.4) is 0 Å². The van der Waals surface area contributed by atoms with E-state index in [9.17, 15) is 4.79 Å². The molecule has 0 aromatic heterocycles. The summed E-state index contributed by atoms with van der Waals surface area (Å²) in [7, 11) is 0. The van der Waals surface area contributed by atoms with E-state index in [-0.39, 0.29) is 5.91 Å². The van der Waals surface area contributed by atoms with Crippen LogP contribution in [0.15, 0.2) is 41.3 Å². The molecule has 0 atom stereocenters. The van der Waals surface area contributed by atoms with E-state index in [0.29, 0.717) is 21.3 Å². The van der Waals surface area contributed by atoms with Crippen LogP contribution in [0.2, 0.25) is 10.0 Å². The molecule has 0 bridgehead atoms. The molecule has 0 unspecified atom stereocenters. The number of benzene rings is 2. The Labute approximate surface area is 132 Å². The smallest absolute Gasteiger partial charge is 0.257 e. The summed E-state index contributed by atoms with van der Waals surface area (Å²) in [4.78, 5) is 13.3. The van der Waals surface area contributed by atoms with E-state index in [0.717, 1.165) is 10.5 Å². The molecule has 1 N–H and O–H groups in total. The number of hydrogen-bond donors (Lipinski definition) is 1. The fraction of sp³-hybridized carbons (Fsp3) is 0.133. The molecule has 20 heavy (non-hydrogen) atoms. The molecule has 0 aliphatic rings. The van der Waals surface area contributed by atoms with Crippen molar-refractivity contribution in [1.82, 2.24) is 0 Å². The molecule has 0 aliphatic heterocycles. The van der Waals surface area contributed by atoms with Gasteiger partial charge in [0.2, 0.25) is 0 Å². The van der Waals surface area contributed by atoms with E-state index in [4.69, 9.17) is 23.2 Å². The van der Waals surface area contributed by atoms with Gasteiger partial charge in [-0.3, -0.25) is 4.79 Å². The summed E-state index contributed by atoms with van der Waals surface area (Å²) in [6.45, 7) is 1.86. The minimum Gasteiger partial charge on any atom is -0.322 e. The van der Waals surface area contributed by atoms with Crippen LogP contribution < -0.4 is 5.32 Å². The first-order valence-electron chi connectivity index (χ1n) is 5.93. The third-order valence-corrected chi connectivity index (χ3v) is 4.40. The Morgan fingerprint density at radius 3 is 2.60 bits per heavy atom. The molecular weight excluding hydrogens is 313 g/mol. The first-order chi connectivity index (χ1) is 9.52. The number of rotatable bonds is 3. The van der Waals surface area contributed by atoms with Gasteiger partial charge in [0.05, 0.1) is 10.6 Å². The van der Waals surface area contributed by atoms with Gasteiger partial charge in [0.15, 0.2) is 0 Å². The van der Waals surface area contributed by atoms with E-state index in [1.54, 1.807) is 36.0 Å². The normalized spacial score (nSPS) is 10.4. The zero-order chi connectivity index (χ0) is 14.7. The van der Waals surface area contributed by atoms with Gasteiger partial charge in [0, 0.05) is 15.6 Å². The highest BCUT2D eigenvalue weighted by Gasteiger charge is 2.13. The quantitative estimate of drug-likeness (QED) is 0.778. The summed E-state index contributed by atoms with van der Waals surface area (Å²) in [6.07, 6.45) is 1.95. The first-order valence-corrected chi connectivity index (χ1v) is 7.91. The highest BCUT2D eigenvalue weighted by Crippen LogP contribution is 2.26. The largest absolute Gasteiger partial charge is 0.322 e. The average Bonchev–Trinajstić information content (AvgIpc) is 2.44. The summed E-state index contributed by atoms with van der Waals surface area (Å²) in [5.74, 6) is -0.240. The molecule has 2 aromatic carbocycles. The van der Waals surface area contributed by atoms with Crippen molar-refractivity contribution >= 4 is 46.6 Å². The van der Waals surface area contributed by atoms with Crippen molar-refractivity contribution in [2.45, 2.75) is 11.8 Å². The summed E-state index contributed by atoms with van der Waals surface area (Å²) in [5, 5.41) is 3.89. The van der Waals surface area contributed by atoms with E-state index in [1.807, 2.05) is 25.3 Å². The van der Waals surface area contributed by atoms with Crippen LogP contribution in [-0.2, 0) is 0 Å². The van der Waals surface area contributed by atoms with Crippen LogP contribution in [-0.4, -0.2) is 12.2 Å². The van der Waals surface area contributed by atoms with Gasteiger partial charge in [0.25, 0.3) is 5.91 Å². The minimum absolute atomic E-state index is 0.240. The molecule has 0 aliphatic carbocycles. The molecule has 2 rings (SSSR count). The van der Waals surface area contributed by atoms with Gasteiger partial charge in [-0.2, -0.15) is 0 Å². The number of carbonyl (C=O) groups excluding carboxylic acids is 1. The Bertz CT molecular complexity index is 658. The number of thioether (sulfide) groups is 1. The lowest BCUT2D eigenvalue weighted by atomic mass is 10.1. The highest BCUT2D eigenvalue weighted by molar-refractivity contribution is 7.98. The van der Waals surface area contributed by atoms with Crippen molar-refractivity contribution in [2.75, 3.05) is 11.6 Å². The summed E-state index contributed by atoms with van der Waals surface area (Å²) in [6, 6.07) is 10.8. The number of carbonyl (C=O) groups is 1. The Balaban J connectivity index is 2.30. The van der Waals surface area contributed by atoms with E-state index < -0.39 is 0 Å². The number of hydrogen-bond acceptors (Lipinski definition) is 2. The lowest BCUT2D eigenvalue weighted by Gasteiger charge is -2.11. The van der Waals surface area contributed by atoms with Gasteiger partial charge in [0.1, 0.15) is 0 Å². The van der Waals surface area contributed by atoms with Crippen LogP contribution in [0.1, 0.15) is 15.9 Å². The highest BCUT2D eigenvalue weighted by atomic mass is 35.5. The number of anilines is 1. The van der Waals surface area contributed by atoms with Crippen molar-refractivity contribution in [3.8, 4) is 0 Å². The zero-order valence-electron chi connectivity index (χ0n) is 11.0. The second kappa shape index (κ2) is 6.53. The first kappa shape index (κ1) is 15.2. The van der Waals surface area contributed by atoms with Crippen molar-refractivity contribution in [3.05, 3.63) is 57.6 Å². The molecule has 0 saturated carbocycles. The summed E-state index contributed by atoms with van der Waals surface area (Å²) < 4.78 is 0. The fourth-order valence-electron chi connectivity index (χ4n) is 1.74. The molecule has 1 amide bonds. The molecule has 0 radical (unpaired) electrons. The molecule has 0 spiro atoms. The second-order valence-electron chi connectivity index (χ2n) is 4.21. The maximum atomic E-state index is 12.3. The molecule has 0 heterocycles. The topological polar surface area (TPSA) is 29.1 Å². The van der Waals surface area contributed by atoms with E-state index in [1.165, 1.54) is 0 Å². The molecule has 0 fully saturated rings. The van der Waals surface area contributed by atoms with Crippen LogP contribution >= 0.6 is 35.0 Å². The predicted octanol–water partition coefficient (Wildman–Crippen LogP) is 5.28. The third-order valence-electron chi connectivity index (χ3n) is 2.93. The zero-order valence-corrected chi connectivity index (χ0v) is 13.4. The second-order valence-corrected chi connectivity index (χ2v) is 5.91. The lowest BCUT2D eigenvalue weighted by molar-refractivity contribution is 0.102. The summed E-state index contributed by atoms with van der Waals surface area (Å²) >= 11 is 13.7. The van der Waals surface area contributed by atoms with Gasteiger partial charge < -0.3 is 5.32 Å². The maximum Gasteiger partial charge on any atom is 0.257 e. The van der Waals surface area contributed by atoms with Crippen molar-refractivity contribution in [1.29, 1.82) is 0 Å².